The fourth-order valence-electron chi connectivity index (χ4n) is 1.66. The minimum Gasteiger partial charge on any atom is -0.380 e. The summed E-state index contributed by atoms with van der Waals surface area (Å²) in [6.07, 6.45) is 0. The minimum atomic E-state index is -0.0578. The van der Waals surface area contributed by atoms with E-state index in [1.54, 1.807) is 0 Å². The van der Waals surface area contributed by atoms with Gasteiger partial charge in [-0.15, -0.1) is 0 Å². The Hall–Kier alpha value is -1.55. The fourth-order valence-corrected chi connectivity index (χ4v) is 1.66. The Morgan fingerprint density at radius 3 is 2.78 bits per heavy atom. The largest absolute Gasteiger partial charge is 0.380 e. The Balaban J connectivity index is 2.69. The van der Waals surface area contributed by atoms with Gasteiger partial charge in [0.15, 0.2) is 0 Å². The molecular weight excluding hydrogens is 228 g/mol. The van der Waals surface area contributed by atoms with Gasteiger partial charge in [0, 0.05) is 30.9 Å². The molecule has 4 heteroatoms. The molecule has 1 amide bonds. The van der Waals surface area contributed by atoms with Crippen LogP contribution in [0, 0.1) is 6.92 Å². The highest BCUT2D eigenvalue weighted by Crippen LogP contribution is 2.20. The highest BCUT2D eigenvalue weighted by atomic mass is 16.5. The first-order valence-electron chi connectivity index (χ1n) is 6.25. The van der Waals surface area contributed by atoms with Crippen LogP contribution in [-0.4, -0.2) is 25.2 Å². The molecule has 4 nitrogen and oxygen atoms in total. The van der Waals surface area contributed by atoms with Gasteiger partial charge in [0.1, 0.15) is 0 Å². The van der Waals surface area contributed by atoms with Crippen molar-refractivity contribution in [1.29, 1.82) is 0 Å². The number of amides is 1. The third-order valence-electron chi connectivity index (χ3n) is 2.53. The van der Waals surface area contributed by atoms with Crippen molar-refractivity contribution in [2.45, 2.75) is 33.7 Å². The average molecular weight is 250 g/mol. The van der Waals surface area contributed by atoms with Crippen LogP contribution >= 0.6 is 0 Å². The minimum absolute atomic E-state index is 0.0578. The van der Waals surface area contributed by atoms with Crippen molar-refractivity contribution in [2.75, 3.05) is 23.8 Å². The number of ether oxygens (including phenoxy) is 1. The molecule has 1 aromatic rings. The SMILES string of the molecule is CCOCC(C)Nc1ccc(C)c(NC(C)=O)c1. The molecule has 1 rings (SSSR count). The standard InChI is InChI=1S/C14H22N2O2/c1-5-18-9-11(3)15-13-7-6-10(2)14(8-13)16-12(4)17/h6-8,11,15H,5,9H2,1-4H3,(H,16,17). The van der Waals surface area contributed by atoms with E-state index in [1.807, 2.05) is 32.0 Å². The van der Waals surface area contributed by atoms with Crippen LogP contribution in [0.2, 0.25) is 0 Å². The number of hydrogen-bond acceptors (Lipinski definition) is 3. The summed E-state index contributed by atoms with van der Waals surface area (Å²) in [7, 11) is 0. The van der Waals surface area contributed by atoms with Crippen LogP contribution in [0.4, 0.5) is 11.4 Å². The highest BCUT2D eigenvalue weighted by Gasteiger charge is 2.05. The molecule has 0 heterocycles. The molecule has 0 spiro atoms. The number of aryl methyl sites for hydroxylation is 1. The second kappa shape index (κ2) is 7.01. The van der Waals surface area contributed by atoms with Gasteiger partial charge in [-0.05, 0) is 38.5 Å². The van der Waals surface area contributed by atoms with E-state index in [0.717, 1.165) is 23.5 Å². The van der Waals surface area contributed by atoms with Gasteiger partial charge in [-0.3, -0.25) is 4.79 Å². The molecule has 0 aromatic heterocycles. The van der Waals surface area contributed by atoms with E-state index < -0.39 is 0 Å². The van der Waals surface area contributed by atoms with Crippen molar-refractivity contribution in [2.24, 2.45) is 0 Å². The van der Waals surface area contributed by atoms with Crippen molar-refractivity contribution in [3.05, 3.63) is 23.8 Å². The summed E-state index contributed by atoms with van der Waals surface area (Å²) >= 11 is 0. The van der Waals surface area contributed by atoms with Gasteiger partial charge in [-0.2, -0.15) is 0 Å². The Morgan fingerprint density at radius 1 is 1.44 bits per heavy atom. The van der Waals surface area contributed by atoms with Crippen molar-refractivity contribution >= 4 is 17.3 Å². The molecule has 0 saturated heterocycles. The lowest BCUT2D eigenvalue weighted by Gasteiger charge is -2.16. The summed E-state index contributed by atoms with van der Waals surface area (Å²) in [5.41, 5.74) is 2.88. The second-order valence-electron chi connectivity index (χ2n) is 4.42. The van der Waals surface area contributed by atoms with Crippen LogP contribution in [0.15, 0.2) is 18.2 Å². The van der Waals surface area contributed by atoms with Gasteiger partial charge < -0.3 is 15.4 Å². The number of carbonyl (C=O) groups is 1. The first-order chi connectivity index (χ1) is 8.52. The molecule has 1 aromatic carbocycles. The molecule has 0 bridgehead atoms. The van der Waals surface area contributed by atoms with Crippen LogP contribution in [0.3, 0.4) is 0 Å². The van der Waals surface area contributed by atoms with Gasteiger partial charge in [-0.25, -0.2) is 0 Å². The van der Waals surface area contributed by atoms with E-state index in [-0.39, 0.29) is 11.9 Å². The maximum absolute atomic E-state index is 11.1. The molecular formula is C14H22N2O2. The predicted octanol–water partition coefficient (Wildman–Crippen LogP) is 2.79. The van der Waals surface area contributed by atoms with Crippen LogP contribution in [0.25, 0.3) is 0 Å². The van der Waals surface area contributed by atoms with E-state index in [2.05, 4.69) is 17.6 Å². The Labute approximate surface area is 109 Å². The van der Waals surface area contributed by atoms with Crippen LogP contribution in [0.1, 0.15) is 26.3 Å². The number of nitrogens with one attached hydrogen (secondary N) is 2. The zero-order valence-corrected chi connectivity index (χ0v) is 11.5. The topological polar surface area (TPSA) is 50.4 Å². The van der Waals surface area contributed by atoms with E-state index in [1.165, 1.54) is 6.92 Å². The monoisotopic (exact) mass is 250 g/mol. The number of rotatable bonds is 6. The second-order valence-corrected chi connectivity index (χ2v) is 4.42. The number of anilines is 2. The lowest BCUT2D eigenvalue weighted by atomic mass is 10.1. The molecule has 0 saturated carbocycles. The van der Waals surface area contributed by atoms with Gasteiger partial charge in [0.2, 0.25) is 5.91 Å². The van der Waals surface area contributed by atoms with Gasteiger partial charge >= 0.3 is 0 Å². The lowest BCUT2D eigenvalue weighted by molar-refractivity contribution is -0.114. The quantitative estimate of drug-likeness (QED) is 0.816. The Morgan fingerprint density at radius 2 is 2.17 bits per heavy atom. The summed E-state index contributed by atoms with van der Waals surface area (Å²) < 4.78 is 5.35. The first-order valence-corrected chi connectivity index (χ1v) is 6.25. The first kappa shape index (κ1) is 14.5. The Kier molecular flexibility index (Phi) is 5.65. The van der Waals surface area contributed by atoms with Crippen molar-refractivity contribution in [1.82, 2.24) is 0 Å². The van der Waals surface area contributed by atoms with Gasteiger partial charge in [0.25, 0.3) is 0 Å². The summed E-state index contributed by atoms with van der Waals surface area (Å²) in [5, 5.41) is 6.16. The molecule has 100 valence electrons. The third-order valence-corrected chi connectivity index (χ3v) is 2.53. The molecule has 0 aliphatic rings. The molecule has 18 heavy (non-hydrogen) atoms. The van der Waals surface area contributed by atoms with Gasteiger partial charge in [0.05, 0.1) is 6.61 Å². The molecule has 2 N–H and O–H groups in total. The number of benzene rings is 1. The van der Waals surface area contributed by atoms with Crippen LogP contribution in [0.5, 0.6) is 0 Å². The number of carbonyl (C=O) groups excluding carboxylic acids is 1. The smallest absolute Gasteiger partial charge is 0.221 e. The van der Waals surface area contributed by atoms with Crippen LogP contribution in [-0.2, 0) is 9.53 Å². The summed E-state index contributed by atoms with van der Waals surface area (Å²) in [6, 6.07) is 6.17. The molecule has 0 aliphatic heterocycles. The highest BCUT2D eigenvalue weighted by molar-refractivity contribution is 5.90. The zero-order chi connectivity index (χ0) is 13.5. The number of hydrogen-bond donors (Lipinski definition) is 2. The summed E-state index contributed by atoms with van der Waals surface area (Å²) in [6.45, 7) is 8.91. The average Bonchev–Trinajstić information content (AvgIpc) is 2.30. The van der Waals surface area contributed by atoms with Crippen molar-refractivity contribution < 1.29 is 9.53 Å². The molecule has 1 unspecified atom stereocenters. The van der Waals surface area contributed by atoms with Crippen LogP contribution < -0.4 is 10.6 Å². The van der Waals surface area contributed by atoms with Crippen molar-refractivity contribution in [3.63, 3.8) is 0 Å². The van der Waals surface area contributed by atoms with Gasteiger partial charge in [-0.1, -0.05) is 6.07 Å². The van der Waals surface area contributed by atoms with E-state index in [9.17, 15) is 4.79 Å². The predicted molar refractivity (Wildman–Crippen MR) is 75.1 cm³/mol. The third kappa shape index (κ3) is 4.75. The summed E-state index contributed by atoms with van der Waals surface area (Å²) in [5.74, 6) is -0.0578. The molecule has 0 radical (unpaired) electrons. The maximum Gasteiger partial charge on any atom is 0.221 e. The lowest BCUT2D eigenvalue weighted by Crippen LogP contribution is -2.21. The van der Waals surface area contributed by atoms with E-state index in [0.29, 0.717) is 6.61 Å². The normalized spacial score (nSPS) is 12.0. The van der Waals surface area contributed by atoms with E-state index in [4.69, 9.17) is 4.74 Å². The Bertz CT molecular complexity index is 405. The fraction of sp³-hybridized carbons (Fsp3) is 0.500. The molecule has 0 aliphatic carbocycles. The molecule has 1 atom stereocenters. The maximum atomic E-state index is 11.1. The summed E-state index contributed by atoms with van der Waals surface area (Å²) in [4.78, 5) is 11.1. The zero-order valence-electron chi connectivity index (χ0n) is 11.5. The van der Waals surface area contributed by atoms with Crippen molar-refractivity contribution in [3.8, 4) is 0 Å². The van der Waals surface area contributed by atoms with E-state index >= 15 is 0 Å². The molecule has 0 fully saturated rings.